The molecule has 0 atom stereocenters. The van der Waals surface area contributed by atoms with E-state index < -0.39 is 0 Å². The Labute approximate surface area is 180 Å². The molecule has 0 aliphatic carbocycles. The van der Waals surface area contributed by atoms with Crippen molar-refractivity contribution >= 4 is 29.0 Å². The zero-order valence-electron chi connectivity index (χ0n) is 17.1. The number of rotatable bonds is 5. The number of amides is 1. The number of nitrogens with zero attached hydrogens (tertiary/aromatic N) is 5. The third-order valence-corrected chi connectivity index (χ3v) is 5.13. The van der Waals surface area contributed by atoms with E-state index in [1.165, 1.54) is 0 Å². The van der Waals surface area contributed by atoms with Crippen LogP contribution < -0.4 is 4.90 Å². The van der Waals surface area contributed by atoms with Crippen LogP contribution in [0.2, 0.25) is 5.02 Å². The third kappa shape index (κ3) is 4.33. The number of carbonyl (C=O) groups is 1. The molecule has 4 aromatic rings. The first-order valence-corrected chi connectivity index (χ1v) is 10.1. The average Bonchev–Trinajstić information content (AvgIpc) is 3.11. The minimum absolute atomic E-state index is 0.0408. The van der Waals surface area contributed by atoms with Gasteiger partial charge < -0.3 is 4.90 Å². The van der Waals surface area contributed by atoms with Crippen LogP contribution in [0.3, 0.4) is 0 Å². The molecule has 2 aromatic carbocycles. The van der Waals surface area contributed by atoms with E-state index in [2.05, 4.69) is 15.1 Å². The van der Waals surface area contributed by atoms with Crippen LogP contribution in [0.15, 0.2) is 54.6 Å². The summed E-state index contributed by atoms with van der Waals surface area (Å²) in [6, 6.07) is 17.1. The van der Waals surface area contributed by atoms with Gasteiger partial charge in [-0.25, -0.2) is 9.50 Å². The molecular weight excluding hydrogens is 398 g/mol. The highest BCUT2D eigenvalue weighted by Crippen LogP contribution is 2.20. The molecule has 0 aliphatic rings. The standard InChI is InChI=1S/C23H22ClN5O/c1-15-4-10-20(11-5-15)28(22(30)13-18-6-8-19(24)9-7-18)14-21-26-23-25-16(2)12-17(3)29(23)27-21/h4-12H,13-14H2,1-3H3. The van der Waals surface area contributed by atoms with Gasteiger partial charge in [0.1, 0.15) is 0 Å². The monoisotopic (exact) mass is 419 g/mol. The number of aryl methyl sites for hydroxylation is 3. The summed E-state index contributed by atoms with van der Waals surface area (Å²) in [5, 5.41) is 5.22. The lowest BCUT2D eigenvalue weighted by Gasteiger charge is -2.22. The molecule has 1 amide bonds. The van der Waals surface area contributed by atoms with E-state index in [1.54, 1.807) is 21.5 Å². The van der Waals surface area contributed by atoms with Gasteiger partial charge in [0.25, 0.3) is 5.78 Å². The van der Waals surface area contributed by atoms with Gasteiger partial charge in [-0.2, -0.15) is 4.98 Å². The second-order valence-electron chi connectivity index (χ2n) is 7.40. The van der Waals surface area contributed by atoms with E-state index in [-0.39, 0.29) is 18.9 Å². The van der Waals surface area contributed by atoms with Crippen LogP contribution in [0.5, 0.6) is 0 Å². The summed E-state index contributed by atoms with van der Waals surface area (Å²) < 4.78 is 1.71. The molecule has 30 heavy (non-hydrogen) atoms. The molecule has 0 spiro atoms. The van der Waals surface area contributed by atoms with E-state index in [9.17, 15) is 4.79 Å². The van der Waals surface area contributed by atoms with Crippen molar-refractivity contribution in [1.82, 2.24) is 19.6 Å². The van der Waals surface area contributed by atoms with E-state index in [4.69, 9.17) is 11.6 Å². The van der Waals surface area contributed by atoms with Crippen molar-refractivity contribution in [1.29, 1.82) is 0 Å². The summed E-state index contributed by atoms with van der Waals surface area (Å²) in [6.45, 7) is 6.17. The van der Waals surface area contributed by atoms with Gasteiger partial charge >= 0.3 is 0 Å². The van der Waals surface area contributed by atoms with Gasteiger partial charge in [0.2, 0.25) is 5.91 Å². The first kappa shape index (κ1) is 20.0. The van der Waals surface area contributed by atoms with Gasteiger partial charge in [-0.1, -0.05) is 41.4 Å². The Bertz CT molecular complexity index is 1200. The van der Waals surface area contributed by atoms with Gasteiger partial charge in [0, 0.05) is 22.1 Å². The molecule has 0 saturated heterocycles. The summed E-state index contributed by atoms with van der Waals surface area (Å²) in [7, 11) is 0. The molecule has 7 heteroatoms. The molecule has 0 bridgehead atoms. The van der Waals surface area contributed by atoms with Gasteiger partial charge in [-0.3, -0.25) is 4.79 Å². The normalized spacial score (nSPS) is 11.1. The number of benzene rings is 2. The quantitative estimate of drug-likeness (QED) is 0.478. The van der Waals surface area contributed by atoms with Crippen LogP contribution >= 0.6 is 11.6 Å². The summed E-state index contributed by atoms with van der Waals surface area (Å²) in [6.07, 6.45) is 0.259. The Balaban J connectivity index is 1.66. The number of hydrogen-bond donors (Lipinski definition) is 0. The molecule has 4 rings (SSSR count). The zero-order valence-corrected chi connectivity index (χ0v) is 17.9. The molecule has 2 heterocycles. The summed E-state index contributed by atoms with van der Waals surface area (Å²) in [5.74, 6) is 1.04. The van der Waals surface area contributed by atoms with Gasteiger partial charge in [-0.05, 0) is 56.7 Å². The molecule has 0 N–H and O–H groups in total. The van der Waals surface area contributed by atoms with Crippen LogP contribution in [0.1, 0.15) is 28.3 Å². The summed E-state index contributed by atoms with van der Waals surface area (Å²) >= 11 is 5.97. The second-order valence-corrected chi connectivity index (χ2v) is 7.83. The minimum atomic E-state index is -0.0408. The van der Waals surface area contributed by atoms with Crippen molar-refractivity contribution in [3.05, 3.63) is 88.0 Å². The lowest BCUT2D eigenvalue weighted by atomic mass is 10.1. The highest BCUT2D eigenvalue weighted by Gasteiger charge is 2.20. The van der Waals surface area contributed by atoms with Crippen molar-refractivity contribution in [3.8, 4) is 0 Å². The van der Waals surface area contributed by atoms with Gasteiger partial charge in [-0.15, -0.1) is 5.10 Å². The SMILES string of the molecule is Cc1ccc(N(Cc2nc3nc(C)cc(C)n3n2)C(=O)Cc2ccc(Cl)cc2)cc1. The smallest absolute Gasteiger partial charge is 0.252 e. The molecular formula is C23H22ClN5O. The number of fused-ring (bicyclic) bond motifs is 1. The Kier molecular flexibility index (Phi) is 5.50. The fourth-order valence-corrected chi connectivity index (χ4v) is 3.46. The summed E-state index contributed by atoms with van der Waals surface area (Å²) in [4.78, 5) is 23.9. The molecule has 0 unspecified atom stereocenters. The Morgan fingerprint density at radius 1 is 1.00 bits per heavy atom. The van der Waals surface area contributed by atoms with Crippen molar-refractivity contribution < 1.29 is 4.79 Å². The first-order chi connectivity index (χ1) is 14.4. The molecule has 2 aromatic heterocycles. The van der Waals surface area contributed by atoms with Crippen molar-refractivity contribution in [2.45, 2.75) is 33.7 Å². The van der Waals surface area contributed by atoms with E-state index in [0.717, 1.165) is 28.2 Å². The van der Waals surface area contributed by atoms with Crippen molar-refractivity contribution in [2.24, 2.45) is 0 Å². The fourth-order valence-electron chi connectivity index (χ4n) is 3.34. The number of anilines is 1. The molecule has 0 radical (unpaired) electrons. The van der Waals surface area contributed by atoms with Gasteiger partial charge in [0.05, 0.1) is 13.0 Å². The van der Waals surface area contributed by atoms with E-state index >= 15 is 0 Å². The van der Waals surface area contributed by atoms with Crippen molar-refractivity contribution in [2.75, 3.05) is 4.90 Å². The molecule has 6 nitrogen and oxygen atoms in total. The predicted octanol–water partition coefficient (Wildman–Crippen LogP) is 4.48. The summed E-state index contributed by atoms with van der Waals surface area (Å²) in [5.41, 5.74) is 4.67. The fraction of sp³-hybridized carbons (Fsp3) is 0.217. The number of hydrogen-bond acceptors (Lipinski definition) is 4. The Morgan fingerprint density at radius 2 is 1.70 bits per heavy atom. The largest absolute Gasteiger partial charge is 0.304 e. The zero-order chi connectivity index (χ0) is 21.3. The highest BCUT2D eigenvalue weighted by molar-refractivity contribution is 6.30. The minimum Gasteiger partial charge on any atom is -0.304 e. The number of aromatic nitrogens is 4. The van der Waals surface area contributed by atoms with Crippen LogP contribution in [-0.4, -0.2) is 25.5 Å². The Hall–Kier alpha value is -3.25. The van der Waals surface area contributed by atoms with Crippen LogP contribution in [0, 0.1) is 20.8 Å². The highest BCUT2D eigenvalue weighted by atomic mass is 35.5. The Morgan fingerprint density at radius 3 is 2.40 bits per heavy atom. The maximum Gasteiger partial charge on any atom is 0.252 e. The molecule has 0 fully saturated rings. The van der Waals surface area contributed by atoms with Gasteiger partial charge in [0.15, 0.2) is 5.82 Å². The van der Waals surface area contributed by atoms with E-state index in [0.29, 0.717) is 16.6 Å². The number of carbonyl (C=O) groups excluding carboxylic acids is 1. The predicted molar refractivity (Wildman–Crippen MR) is 118 cm³/mol. The maximum atomic E-state index is 13.2. The maximum absolute atomic E-state index is 13.2. The third-order valence-electron chi connectivity index (χ3n) is 4.88. The van der Waals surface area contributed by atoms with Crippen LogP contribution in [0.25, 0.3) is 5.78 Å². The van der Waals surface area contributed by atoms with Crippen LogP contribution in [-0.2, 0) is 17.8 Å². The first-order valence-electron chi connectivity index (χ1n) is 9.70. The van der Waals surface area contributed by atoms with Crippen molar-refractivity contribution in [3.63, 3.8) is 0 Å². The average molecular weight is 420 g/mol. The number of halogens is 1. The molecule has 152 valence electrons. The van der Waals surface area contributed by atoms with Crippen LogP contribution in [0.4, 0.5) is 5.69 Å². The lowest BCUT2D eigenvalue weighted by Crippen LogP contribution is -2.32. The van der Waals surface area contributed by atoms with E-state index in [1.807, 2.05) is 63.2 Å². The topological polar surface area (TPSA) is 63.4 Å². The second kappa shape index (κ2) is 8.24. The molecule has 0 saturated carbocycles. The molecule has 0 aliphatic heterocycles. The lowest BCUT2D eigenvalue weighted by molar-refractivity contribution is -0.118.